The Labute approximate surface area is 220 Å². The minimum Gasteiger partial charge on any atom is -0.352 e. The highest BCUT2D eigenvalue weighted by molar-refractivity contribution is 7.92. The van der Waals surface area contributed by atoms with Crippen LogP contribution < -0.4 is 9.62 Å². The van der Waals surface area contributed by atoms with E-state index in [1.807, 2.05) is 57.2 Å². The van der Waals surface area contributed by atoms with E-state index in [0.29, 0.717) is 17.7 Å². The fraction of sp³-hybridized carbons (Fsp3) is 0.310. The molecule has 0 saturated heterocycles. The van der Waals surface area contributed by atoms with E-state index in [1.165, 1.54) is 17.0 Å². The third kappa shape index (κ3) is 6.98. The number of hydrogen-bond acceptors (Lipinski definition) is 4. The van der Waals surface area contributed by atoms with Gasteiger partial charge in [-0.3, -0.25) is 13.9 Å². The van der Waals surface area contributed by atoms with Crippen molar-refractivity contribution in [2.24, 2.45) is 0 Å². The van der Waals surface area contributed by atoms with E-state index >= 15 is 0 Å². The van der Waals surface area contributed by atoms with Crippen LogP contribution in [0.25, 0.3) is 0 Å². The molecule has 0 heterocycles. The molecule has 0 saturated carbocycles. The normalized spacial score (nSPS) is 12.1. The van der Waals surface area contributed by atoms with Crippen LogP contribution in [0, 0.1) is 6.92 Å². The van der Waals surface area contributed by atoms with Gasteiger partial charge in [-0.1, -0.05) is 73.7 Å². The number of para-hydroxylation sites is 1. The van der Waals surface area contributed by atoms with Gasteiger partial charge in [-0.15, -0.1) is 0 Å². The highest BCUT2D eigenvalue weighted by Gasteiger charge is 2.34. The number of carbonyl (C=O) groups excluding carboxylic acids is 2. The first-order valence-electron chi connectivity index (χ1n) is 12.4. The number of benzene rings is 3. The van der Waals surface area contributed by atoms with Gasteiger partial charge in [0.25, 0.3) is 10.0 Å². The Morgan fingerprint density at radius 2 is 1.43 bits per heavy atom. The molecular formula is C29H35N3O4S. The SMILES string of the molecule is CC[C@H](C(=O)NC(C)C)N(Cc1ccccc1)C(=O)CN(c1ccccc1C)S(=O)(=O)c1ccccc1. The minimum atomic E-state index is -4.06. The van der Waals surface area contributed by atoms with Crippen molar-refractivity contribution in [3.63, 3.8) is 0 Å². The van der Waals surface area contributed by atoms with Gasteiger partial charge in [0, 0.05) is 12.6 Å². The summed E-state index contributed by atoms with van der Waals surface area (Å²) in [6.07, 6.45) is 0.382. The molecule has 1 atom stereocenters. The Bertz CT molecular complexity index is 1290. The number of aryl methyl sites for hydroxylation is 1. The molecule has 0 aliphatic rings. The maximum atomic E-state index is 14.0. The summed E-state index contributed by atoms with van der Waals surface area (Å²) < 4.78 is 28.7. The second kappa shape index (κ2) is 12.5. The summed E-state index contributed by atoms with van der Waals surface area (Å²) in [5.74, 6) is -0.729. The maximum Gasteiger partial charge on any atom is 0.264 e. The van der Waals surface area contributed by atoms with Crippen molar-refractivity contribution in [1.82, 2.24) is 10.2 Å². The van der Waals surface area contributed by atoms with Gasteiger partial charge in [-0.25, -0.2) is 8.42 Å². The Balaban J connectivity index is 2.05. The van der Waals surface area contributed by atoms with Crippen molar-refractivity contribution >= 4 is 27.5 Å². The molecule has 3 rings (SSSR count). The van der Waals surface area contributed by atoms with Crippen LogP contribution in [0.15, 0.2) is 89.8 Å². The first-order chi connectivity index (χ1) is 17.6. The lowest BCUT2D eigenvalue weighted by molar-refractivity contribution is -0.140. The quantitative estimate of drug-likeness (QED) is 0.402. The lowest BCUT2D eigenvalue weighted by atomic mass is 10.1. The van der Waals surface area contributed by atoms with Gasteiger partial charge >= 0.3 is 0 Å². The van der Waals surface area contributed by atoms with E-state index in [9.17, 15) is 18.0 Å². The van der Waals surface area contributed by atoms with Crippen LogP contribution >= 0.6 is 0 Å². The van der Waals surface area contributed by atoms with E-state index < -0.39 is 28.5 Å². The molecule has 3 aromatic rings. The molecule has 196 valence electrons. The summed E-state index contributed by atoms with van der Waals surface area (Å²) in [6.45, 7) is 7.10. The lowest BCUT2D eigenvalue weighted by Crippen LogP contribution is -2.53. The number of carbonyl (C=O) groups is 2. The molecule has 0 bridgehead atoms. The number of rotatable bonds is 11. The van der Waals surface area contributed by atoms with Gasteiger partial charge in [0.2, 0.25) is 11.8 Å². The summed E-state index contributed by atoms with van der Waals surface area (Å²) in [6, 6.07) is 23.6. The molecule has 0 fully saturated rings. The monoisotopic (exact) mass is 521 g/mol. The van der Waals surface area contributed by atoms with Gasteiger partial charge in [0.15, 0.2) is 0 Å². The van der Waals surface area contributed by atoms with Crippen molar-refractivity contribution < 1.29 is 18.0 Å². The number of nitrogens with one attached hydrogen (secondary N) is 1. The van der Waals surface area contributed by atoms with Crippen LogP contribution in [-0.4, -0.2) is 43.8 Å². The molecular weight excluding hydrogens is 486 g/mol. The third-order valence-electron chi connectivity index (χ3n) is 6.01. The van der Waals surface area contributed by atoms with Gasteiger partial charge in [0.05, 0.1) is 10.6 Å². The zero-order valence-corrected chi connectivity index (χ0v) is 22.6. The first kappa shape index (κ1) is 27.9. The number of amides is 2. The summed E-state index contributed by atoms with van der Waals surface area (Å²) in [4.78, 5) is 28.6. The molecule has 0 aromatic heterocycles. The number of nitrogens with zero attached hydrogens (tertiary/aromatic N) is 2. The number of hydrogen-bond donors (Lipinski definition) is 1. The highest BCUT2D eigenvalue weighted by atomic mass is 32.2. The van der Waals surface area contributed by atoms with Crippen molar-refractivity contribution in [2.45, 2.75) is 57.6 Å². The van der Waals surface area contributed by atoms with Crippen molar-refractivity contribution in [3.05, 3.63) is 96.1 Å². The number of sulfonamides is 1. The highest BCUT2D eigenvalue weighted by Crippen LogP contribution is 2.27. The summed E-state index contributed by atoms with van der Waals surface area (Å²) in [5, 5.41) is 2.90. The number of anilines is 1. The molecule has 7 nitrogen and oxygen atoms in total. The Morgan fingerprint density at radius 1 is 0.865 bits per heavy atom. The largest absolute Gasteiger partial charge is 0.352 e. The molecule has 3 aromatic carbocycles. The minimum absolute atomic E-state index is 0.0882. The first-order valence-corrected chi connectivity index (χ1v) is 13.9. The van der Waals surface area contributed by atoms with E-state index in [2.05, 4.69) is 5.32 Å². The van der Waals surface area contributed by atoms with Gasteiger partial charge in [-0.05, 0) is 56.5 Å². The summed E-state index contributed by atoms with van der Waals surface area (Å²) in [7, 11) is -4.06. The maximum absolute atomic E-state index is 14.0. The topological polar surface area (TPSA) is 86.8 Å². The molecule has 37 heavy (non-hydrogen) atoms. The predicted octanol–water partition coefficient (Wildman–Crippen LogP) is 4.52. The van der Waals surface area contributed by atoms with Crippen molar-refractivity contribution in [3.8, 4) is 0 Å². The average molecular weight is 522 g/mol. The molecule has 0 radical (unpaired) electrons. The van der Waals surface area contributed by atoms with E-state index in [4.69, 9.17) is 0 Å². The van der Waals surface area contributed by atoms with Gasteiger partial charge < -0.3 is 10.2 Å². The van der Waals surface area contributed by atoms with Crippen LogP contribution in [0.1, 0.15) is 38.3 Å². The Kier molecular flexibility index (Phi) is 9.47. The standard InChI is InChI=1S/C29H35N3O4S/c1-5-26(29(34)30-22(2)3)31(20-24-15-8-6-9-16-24)28(33)21-32(27-19-13-12-14-23(27)4)37(35,36)25-17-10-7-11-18-25/h6-19,22,26H,5,20-21H2,1-4H3,(H,30,34)/t26-/m1/s1. The second-order valence-electron chi connectivity index (χ2n) is 9.21. The van der Waals surface area contributed by atoms with Gasteiger partial charge in [-0.2, -0.15) is 0 Å². The van der Waals surface area contributed by atoms with Crippen LogP contribution in [-0.2, 0) is 26.2 Å². The fourth-order valence-corrected chi connectivity index (χ4v) is 5.66. The summed E-state index contributed by atoms with van der Waals surface area (Å²) >= 11 is 0. The zero-order chi connectivity index (χ0) is 27.0. The molecule has 8 heteroatoms. The van der Waals surface area contributed by atoms with Crippen molar-refractivity contribution in [1.29, 1.82) is 0 Å². The smallest absolute Gasteiger partial charge is 0.264 e. The average Bonchev–Trinajstić information content (AvgIpc) is 2.88. The predicted molar refractivity (Wildman–Crippen MR) is 147 cm³/mol. The van der Waals surface area contributed by atoms with E-state index in [0.717, 1.165) is 9.87 Å². The van der Waals surface area contributed by atoms with E-state index in [-0.39, 0.29) is 23.4 Å². The molecule has 0 aliphatic carbocycles. The van der Waals surface area contributed by atoms with Crippen LogP contribution in [0.4, 0.5) is 5.69 Å². The Hall–Kier alpha value is -3.65. The zero-order valence-electron chi connectivity index (χ0n) is 21.8. The fourth-order valence-electron chi connectivity index (χ4n) is 4.16. The van der Waals surface area contributed by atoms with Gasteiger partial charge in [0.1, 0.15) is 12.6 Å². The van der Waals surface area contributed by atoms with E-state index in [1.54, 1.807) is 43.3 Å². The van der Waals surface area contributed by atoms with Crippen molar-refractivity contribution in [2.75, 3.05) is 10.8 Å². The van der Waals surface area contributed by atoms with Crippen LogP contribution in [0.2, 0.25) is 0 Å². The van der Waals surface area contributed by atoms with Crippen LogP contribution in [0.3, 0.4) is 0 Å². The molecule has 2 amide bonds. The molecule has 0 unspecified atom stereocenters. The lowest BCUT2D eigenvalue weighted by Gasteiger charge is -2.34. The molecule has 1 N–H and O–H groups in total. The second-order valence-corrected chi connectivity index (χ2v) is 11.1. The Morgan fingerprint density at radius 3 is 2.00 bits per heavy atom. The third-order valence-corrected chi connectivity index (χ3v) is 7.78. The molecule has 0 spiro atoms. The molecule has 0 aliphatic heterocycles. The summed E-state index contributed by atoms with van der Waals surface area (Å²) in [5.41, 5.74) is 1.98. The van der Waals surface area contributed by atoms with Crippen LogP contribution in [0.5, 0.6) is 0 Å².